The minimum Gasteiger partial charge on any atom is -0.382 e. The summed E-state index contributed by atoms with van der Waals surface area (Å²) in [5.74, 6) is 0. The number of likely N-dealkylation sites (N-methyl/N-ethyl adjacent to an activating group) is 1. The Morgan fingerprint density at radius 2 is 1.95 bits per heavy atom. The maximum absolute atomic E-state index is 5.63. The van der Waals surface area contributed by atoms with Gasteiger partial charge in [-0.3, -0.25) is 0 Å². The maximum Gasteiger partial charge on any atom is 0.123 e. The highest BCUT2D eigenvalue weighted by atomic mass is 16.5. The Labute approximate surface area is 120 Å². The van der Waals surface area contributed by atoms with Gasteiger partial charge in [0.25, 0.3) is 0 Å². The highest BCUT2D eigenvalue weighted by molar-refractivity contribution is 5.83. The zero-order valence-electron chi connectivity index (χ0n) is 12.6. The Kier molecular flexibility index (Phi) is 5.59. The molecule has 0 aliphatic heterocycles. The first-order valence-electron chi connectivity index (χ1n) is 7.00. The zero-order valence-corrected chi connectivity index (χ0v) is 12.6. The van der Waals surface area contributed by atoms with Crippen molar-refractivity contribution in [2.24, 2.45) is 0 Å². The first-order chi connectivity index (χ1) is 9.72. The van der Waals surface area contributed by atoms with Crippen LogP contribution in [0, 0.1) is 0 Å². The van der Waals surface area contributed by atoms with Gasteiger partial charge >= 0.3 is 0 Å². The average Bonchev–Trinajstić information content (AvgIpc) is 2.80. The highest BCUT2D eigenvalue weighted by Gasteiger charge is 2.08. The molecule has 2 rings (SSSR count). The normalized spacial score (nSPS) is 11.6. The molecule has 20 heavy (non-hydrogen) atoms. The van der Waals surface area contributed by atoms with Crippen molar-refractivity contribution in [1.29, 1.82) is 0 Å². The molecule has 0 amide bonds. The minimum atomic E-state index is 0.575. The molecule has 4 heteroatoms. The second-order valence-corrected chi connectivity index (χ2v) is 5.22. The molecule has 2 aromatic rings. The molecule has 0 saturated heterocycles. The van der Waals surface area contributed by atoms with Gasteiger partial charge in [0.1, 0.15) is 6.73 Å². The largest absolute Gasteiger partial charge is 0.382 e. The summed E-state index contributed by atoms with van der Waals surface area (Å²) in [6.07, 6.45) is 3.26. The number of para-hydroxylation sites is 1. The summed E-state index contributed by atoms with van der Waals surface area (Å²) in [5, 5.41) is 1.32. The number of benzene rings is 1. The fourth-order valence-electron chi connectivity index (χ4n) is 2.28. The van der Waals surface area contributed by atoms with Crippen LogP contribution in [-0.4, -0.2) is 50.4 Å². The quantitative estimate of drug-likeness (QED) is 0.693. The molecular formula is C16H24N2O2. The van der Waals surface area contributed by atoms with Crippen LogP contribution in [0.5, 0.6) is 0 Å². The van der Waals surface area contributed by atoms with Crippen molar-refractivity contribution in [2.45, 2.75) is 13.2 Å². The molecule has 0 fully saturated rings. The number of hydrogen-bond donors (Lipinski definition) is 0. The van der Waals surface area contributed by atoms with Gasteiger partial charge < -0.3 is 18.9 Å². The van der Waals surface area contributed by atoms with Gasteiger partial charge in [-0.1, -0.05) is 18.2 Å². The van der Waals surface area contributed by atoms with Crippen molar-refractivity contribution >= 4 is 10.9 Å². The van der Waals surface area contributed by atoms with Crippen LogP contribution in [0.3, 0.4) is 0 Å². The number of hydrogen-bond acceptors (Lipinski definition) is 3. The molecular weight excluding hydrogens is 252 g/mol. The van der Waals surface area contributed by atoms with E-state index in [1.807, 2.05) is 0 Å². The summed E-state index contributed by atoms with van der Waals surface area (Å²) in [7, 11) is 5.90. The molecule has 1 heterocycles. The maximum atomic E-state index is 5.63. The van der Waals surface area contributed by atoms with E-state index >= 15 is 0 Å². The van der Waals surface area contributed by atoms with Gasteiger partial charge in [0, 0.05) is 25.2 Å². The van der Waals surface area contributed by atoms with Crippen molar-refractivity contribution < 1.29 is 9.47 Å². The molecule has 0 spiro atoms. The summed E-state index contributed by atoms with van der Waals surface area (Å²) >= 11 is 0. The van der Waals surface area contributed by atoms with Crippen LogP contribution >= 0.6 is 0 Å². The van der Waals surface area contributed by atoms with Crippen molar-refractivity contribution in [3.05, 3.63) is 36.0 Å². The first kappa shape index (κ1) is 15.0. The first-order valence-corrected chi connectivity index (χ1v) is 7.00. The summed E-state index contributed by atoms with van der Waals surface area (Å²) in [6.45, 7) is 2.88. The number of rotatable bonds is 8. The van der Waals surface area contributed by atoms with Crippen LogP contribution in [0.25, 0.3) is 10.9 Å². The van der Waals surface area contributed by atoms with Gasteiger partial charge in [0.15, 0.2) is 0 Å². The van der Waals surface area contributed by atoms with Gasteiger partial charge in [-0.05, 0) is 32.1 Å². The number of aromatic nitrogens is 1. The molecule has 0 atom stereocenters. The third kappa shape index (κ3) is 3.82. The van der Waals surface area contributed by atoms with Crippen molar-refractivity contribution in [3.63, 3.8) is 0 Å². The van der Waals surface area contributed by atoms with Crippen LogP contribution in [0.1, 0.15) is 5.56 Å². The average molecular weight is 276 g/mol. The van der Waals surface area contributed by atoms with E-state index in [2.05, 4.69) is 54.0 Å². The second-order valence-electron chi connectivity index (χ2n) is 5.22. The van der Waals surface area contributed by atoms with Gasteiger partial charge in [-0.25, -0.2) is 0 Å². The standard InChI is InChI=1S/C16H24N2O2/c1-17(2)9-8-14-12-18(13-20-11-10-19-3)16-7-5-4-6-15(14)16/h4-7,12H,8-11,13H2,1-3H3. The number of nitrogens with zero attached hydrogens (tertiary/aromatic N) is 2. The van der Waals surface area contributed by atoms with E-state index in [1.165, 1.54) is 16.5 Å². The Bertz CT molecular complexity index is 534. The smallest absolute Gasteiger partial charge is 0.123 e. The van der Waals surface area contributed by atoms with Crippen LogP contribution in [0.2, 0.25) is 0 Å². The fourth-order valence-corrected chi connectivity index (χ4v) is 2.28. The van der Waals surface area contributed by atoms with E-state index in [9.17, 15) is 0 Å². The SMILES string of the molecule is COCCOCn1cc(CCN(C)C)c2ccccc21. The topological polar surface area (TPSA) is 26.6 Å². The van der Waals surface area contributed by atoms with E-state index < -0.39 is 0 Å². The Morgan fingerprint density at radius 3 is 2.70 bits per heavy atom. The van der Waals surface area contributed by atoms with Gasteiger partial charge in [0.2, 0.25) is 0 Å². The lowest BCUT2D eigenvalue weighted by Crippen LogP contribution is -2.14. The second kappa shape index (κ2) is 7.43. The molecule has 0 N–H and O–H groups in total. The Morgan fingerprint density at radius 1 is 1.15 bits per heavy atom. The van der Waals surface area contributed by atoms with E-state index in [4.69, 9.17) is 9.47 Å². The molecule has 1 aromatic carbocycles. The van der Waals surface area contributed by atoms with Crippen molar-refractivity contribution in [3.8, 4) is 0 Å². The van der Waals surface area contributed by atoms with E-state index in [-0.39, 0.29) is 0 Å². The summed E-state index contributed by atoms with van der Waals surface area (Å²) in [4.78, 5) is 2.21. The Hall–Kier alpha value is -1.36. The van der Waals surface area contributed by atoms with Crippen LogP contribution < -0.4 is 0 Å². The van der Waals surface area contributed by atoms with E-state index in [1.54, 1.807) is 7.11 Å². The van der Waals surface area contributed by atoms with Gasteiger partial charge in [-0.2, -0.15) is 0 Å². The molecule has 0 radical (unpaired) electrons. The summed E-state index contributed by atoms with van der Waals surface area (Å²) in [6, 6.07) is 8.50. The lowest BCUT2D eigenvalue weighted by Gasteiger charge is -2.08. The minimum absolute atomic E-state index is 0.575. The predicted octanol–water partition coefficient (Wildman–Crippen LogP) is 2.37. The van der Waals surface area contributed by atoms with Crippen LogP contribution in [0.4, 0.5) is 0 Å². The molecule has 110 valence electrons. The van der Waals surface area contributed by atoms with Gasteiger partial charge in [0.05, 0.1) is 18.7 Å². The molecule has 0 unspecified atom stereocenters. The molecule has 1 aromatic heterocycles. The van der Waals surface area contributed by atoms with E-state index in [0.29, 0.717) is 19.9 Å². The summed E-state index contributed by atoms with van der Waals surface area (Å²) < 4.78 is 12.8. The molecule has 4 nitrogen and oxygen atoms in total. The van der Waals surface area contributed by atoms with Crippen molar-refractivity contribution in [2.75, 3.05) is 41.0 Å². The number of ether oxygens (including phenoxy) is 2. The van der Waals surface area contributed by atoms with Crippen LogP contribution in [0.15, 0.2) is 30.5 Å². The number of methoxy groups -OCH3 is 1. The predicted molar refractivity (Wildman–Crippen MR) is 82.0 cm³/mol. The lowest BCUT2D eigenvalue weighted by atomic mass is 10.1. The third-order valence-corrected chi connectivity index (χ3v) is 3.36. The number of fused-ring (bicyclic) bond motifs is 1. The Balaban J connectivity index is 2.13. The third-order valence-electron chi connectivity index (χ3n) is 3.36. The van der Waals surface area contributed by atoms with Crippen LogP contribution in [-0.2, 0) is 22.6 Å². The zero-order chi connectivity index (χ0) is 14.4. The highest BCUT2D eigenvalue weighted by Crippen LogP contribution is 2.22. The molecule has 0 bridgehead atoms. The fraction of sp³-hybridized carbons (Fsp3) is 0.500. The lowest BCUT2D eigenvalue weighted by molar-refractivity contribution is 0.0360. The molecule has 0 aliphatic rings. The molecule has 0 aliphatic carbocycles. The van der Waals surface area contributed by atoms with Gasteiger partial charge in [-0.15, -0.1) is 0 Å². The monoisotopic (exact) mass is 276 g/mol. The molecule has 0 saturated carbocycles. The van der Waals surface area contributed by atoms with E-state index in [0.717, 1.165) is 13.0 Å². The van der Waals surface area contributed by atoms with Crippen molar-refractivity contribution in [1.82, 2.24) is 9.47 Å². The summed E-state index contributed by atoms with van der Waals surface area (Å²) in [5.41, 5.74) is 2.61.